The molecule has 0 amide bonds. The minimum atomic E-state index is -0.750. The van der Waals surface area contributed by atoms with Gasteiger partial charge in [0.1, 0.15) is 29.5 Å². The third-order valence-corrected chi connectivity index (χ3v) is 4.71. The molecule has 0 saturated carbocycles. The number of allylic oxidation sites excluding steroid dienone is 2. The normalized spacial score (nSPS) is 14.1. The van der Waals surface area contributed by atoms with E-state index in [4.69, 9.17) is 10.6 Å². The molecule has 152 valence electrons. The van der Waals surface area contributed by atoms with E-state index in [0.29, 0.717) is 18.7 Å². The van der Waals surface area contributed by atoms with E-state index in [2.05, 4.69) is 26.1 Å². The SMILES string of the molecule is CC(C)(C)C1=CCOC(CN(N)c2c(Nc3cccc(C=O)c3O)c(=O)c2=O)=C1. The van der Waals surface area contributed by atoms with Gasteiger partial charge in [0, 0.05) is 0 Å². The predicted octanol–water partition coefficient (Wildman–Crippen LogP) is 2.11. The van der Waals surface area contributed by atoms with Gasteiger partial charge in [0.25, 0.3) is 10.9 Å². The van der Waals surface area contributed by atoms with Gasteiger partial charge in [-0.15, -0.1) is 0 Å². The van der Waals surface area contributed by atoms with Gasteiger partial charge in [0.15, 0.2) is 6.29 Å². The molecule has 0 spiro atoms. The first kappa shape index (κ1) is 20.3. The van der Waals surface area contributed by atoms with E-state index in [1.165, 1.54) is 18.2 Å². The van der Waals surface area contributed by atoms with Crippen molar-refractivity contribution < 1.29 is 14.6 Å². The molecule has 8 nitrogen and oxygen atoms in total. The number of rotatable bonds is 6. The number of phenolic OH excluding ortho intramolecular Hbond substituents is 1. The van der Waals surface area contributed by atoms with Gasteiger partial charge in [-0.2, -0.15) is 0 Å². The Bertz CT molecular complexity index is 1080. The highest BCUT2D eigenvalue weighted by atomic mass is 16.5. The number of hydrogen-bond donors (Lipinski definition) is 3. The summed E-state index contributed by atoms with van der Waals surface area (Å²) >= 11 is 0. The molecule has 3 rings (SSSR count). The average Bonchev–Trinajstić information content (AvgIpc) is 2.68. The summed E-state index contributed by atoms with van der Waals surface area (Å²) in [4.78, 5) is 35.2. The van der Waals surface area contributed by atoms with Crippen LogP contribution in [-0.4, -0.2) is 24.5 Å². The van der Waals surface area contributed by atoms with Crippen molar-refractivity contribution in [1.82, 2.24) is 0 Å². The lowest BCUT2D eigenvalue weighted by molar-refractivity contribution is 0.112. The lowest BCUT2D eigenvalue weighted by atomic mass is 9.85. The number of anilines is 3. The van der Waals surface area contributed by atoms with Crippen LogP contribution in [0.1, 0.15) is 31.1 Å². The number of phenols is 1. The summed E-state index contributed by atoms with van der Waals surface area (Å²) in [5.41, 5.74) is -0.329. The molecule has 1 heterocycles. The van der Waals surface area contributed by atoms with Crippen LogP contribution in [0.2, 0.25) is 0 Å². The number of hydrazine groups is 1. The van der Waals surface area contributed by atoms with Crippen molar-refractivity contribution in [3.63, 3.8) is 0 Å². The quantitative estimate of drug-likeness (QED) is 0.223. The standard InChI is InChI=1S/C21H23N3O5/c1-21(2,3)13-7-8-29-14(9-13)10-24(22)17-16(19(27)20(17)28)23-15-6-4-5-12(11-25)18(15)26/h4-7,9,11,23,26H,8,10,22H2,1-3H3. The second-order valence-corrected chi connectivity index (χ2v) is 7.83. The zero-order valence-electron chi connectivity index (χ0n) is 16.5. The molecule has 1 aliphatic rings. The van der Waals surface area contributed by atoms with Gasteiger partial charge in [-0.3, -0.25) is 19.4 Å². The topological polar surface area (TPSA) is 122 Å². The molecule has 0 saturated heterocycles. The molecule has 29 heavy (non-hydrogen) atoms. The number of carbonyl (C=O) groups is 1. The van der Waals surface area contributed by atoms with E-state index in [1.807, 2.05) is 12.2 Å². The van der Waals surface area contributed by atoms with E-state index in [-0.39, 0.29) is 40.3 Å². The Morgan fingerprint density at radius 3 is 2.66 bits per heavy atom. The van der Waals surface area contributed by atoms with Crippen LogP contribution in [0.5, 0.6) is 5.75 Å². The molecular weight excluding hydrogens is 374 g/mol. The highest BCUT2D eigenvalue weighted by molar-refractivity contribution is 5.87. The number of nitrogens with two attached hydrogens (primary N) is 1. The maximum atomic E-state index is 12.1. The van der Waals surface area contributed by atoms with E-state index in [1.54, 1.807) is 0 Å². The average molecular weight is 397 g/mol. The van der Waals surface area contributed by atoms with E-state index in [0.717, 1.165) is 10.6 Å². The first-order valence-corrected chi connectivity index (χ1v) is 9.07. The lowest BCUT2D eigenvalue weighted by Crippen LogP contribution is -2.46. The third-order valence-electron chi connectivity index (χ3n) is 4.71. The lowest BCUT2D eigenvalue weighted by Gasteiger charge is -2.28. The molecule has 4 N–H and O–H groups in total. The Kier molecular flexibility index (Phi) is 5.30. The van der Waals surface area contributed by atoms with Gasteiger partial charge in [-0.1, -0.05) is 26.8 Å². The van der Waals surface area contributed by atoms with Crippen LogP contribution in [0.4, 0.5) is 17.1 Å². The molecule has 1 aliphatic heterocycles. The molecule has 0 fully saturated rings. The van der Waals surface area contributed by atoms with Crippen LogP contribution < -0.4 is 27.0 Å². The minimum absolute atomic E-state index is 0.0118. The highest BCUT2D eigenvalue weighted by Crippen LogP contribution is 2.32. The molecule has 0 aromatic heterocycles. The fourth-order valence-corrected chi connectivity index (χ4v) is 3.04. The van der Waals surface area contributed by atoms with Crippen molar-refractivity contribution in [3.8, 4) is 5.75 Å². The number of nitrogens with one attached hydrogen (secondary N) is 1. The number of benzene rings is 1. The molecule has 0 radical (unpaired) electrons. The molecule has 0 unspecified atom stereocenters. The number of nitrogens with zero attached hydrogens (tertiary/aromatic N) is 1. The first-order chi connectivity index (χ1) is 13.6. The van der Waals surface area contributed by atoms with Gasteiger partial charge >= 0.3 is 0 Å². The molecule has 0 atom stereocenters. The Balaban J connectivity index is 1.85. The second-order valence-electron chi connectivity index (χ2n) is 7.83. The zero-order valence-corrected chi connectivity index (χ0v) is 16.5. The third kappa shape index (κ3) is 3.93. The Morgan fingerprint density at radius 2 is 2.00 bits per heavy atom. The first-order valence-electron chi connectivity index (χ1n) is 9.07. The highest BCUT2D eigenvalue weighted by Gasteiger charge is 2.27. The number of para-hydroxylation sites is 1. The van der Waals surface area contributed by atoms with Crippen molar-refractivity contribution >= 4 is 23.3 Å². The van der Waals surface area contributed by atoms with Crippen LogP contribution in [0.15, 0.2) is 51.3 Å². The van der Waals surface area contributed by atoms with Crippen molar-refractivity contribution in [2.75, 3.05) is 23.5 Å². The van der Waals surface area contributed by atoms with Gasteiger partial charge in [-0.05, 0) is 35.3 Å². The summed E-state index contributed by atoms with van der Waals surface area (Å²) < 4.78 is 5.60. The van der Waals surface area contributed by atoms with Crippen LogP contribution in [0.25, 0.3) is 0 Å². The smallest absolute Gasteiger partial charge is 0.254 e. The minimum Gasteiger partial charge on any atom is -0.505 e. The summed E-state index contributed by atoms with van der Waals surface area (Å²) in [6.07, 6.45) is 4.35. The van der Waals surface area contributed by atoms with Crippen molar-refractivity contribution in [2.45, 2.75) is 20.8 Å². The van der Waals surface area contributed by atoms with Crippen LogP contribution >= 0.6 is 0 Å². The number of hydrogen-bond acceptors (Lipinski definition) is 8. The van der Waals surface area contributed by atoms with Crippen LogP contribution in [-0.2, 0) is 4.74 Å². The monoisotopic (exact) mass is 397 g/mol. The van der Waals surface area contributed by atoms with Gasteiger partial charge in [0.2, 0.25) is 0 Å². The summed E-state index contributed by atoms with van der Waals surface area (Å²) in [7, 11) is 0. The molecule has 2 aromatic rings. The van der Waals surface area contributed by atoms with Crippen molar-refractivity contribution in [2.24, 2.45) is 11.3 Å². The Morgan fingerprint density at radius 1 is 1.28 bits per heavy atom. The molecular formula is C21H23N3O5. The Hall–Kier alpha value is -3.39. The summed E-state index contributed by atoms with van der Waals surface area (Å²) in [5.74, 6) is 6.32. The van der Waals surface area contributed by atoms with Crippen molar-refractivity contribution in [3.05, 3.63) is 67.7 Å². The summed E-state index contributed by atoms with van der Waals surface area (Å²) in [6.45, 7) is 6.73. The number of aromatic hydroxyl groups is 1. The molecule has 2 aromatic carbocycles. The predicted molar refractivity (Wildman–Crippen MR) is 111 cm³/mol. The van der Waals surface area contributed by atoms with Crippen LogP contribution in [0, 0.1) is 5.41 Å². The zero-order chi connectivity index (χ0) is 21.3. The number of carbonyl (C=O) groups excluding carboxylic acids is 1. The molecule has 0 bridgehead atoms. The largest absolute Gasteiger partial charge is 0.505 e. The number of aldehydes is 1. The van der Waals surface area contributed by atoms with E-state index >= 15 is 0 Å². The van der Waals surface area contributed by atoms with Gasteiger partial charge in [-0.25, -0.2) is 5.84 Å². The van der Waals surface area contributed by atoms with Gasteiger partial charge in [0.05, 0.1) is 17.8 Å². The van der Waals surface area contributed by atoms with Gasteiger partial charge < -0.3 is 15.2 Å². The summed E-state index contributed by atoms with van der Waals surface area (Å²) in [6, 6.07) is 4.45. The fraction of sp³-hybridized carbons (Fsp3) is 0.286. The van der Waals surface area contributed by atoms with E-state index in [9.17, 15) is 19.5 Å². The fourth-order valence-electron chi connectivity index (χ4n) is 3.04. The van der Waals surface area contributed by atoms with Crippen LogP contribution in [0.3, 0.4) is 0 Å². The second kappa shape index (κ2) is 7.56. The summed E-state index contributed by atoms with van der Waals surface area (Å²) in [5, 5.41) is 14.0. The maximum Gasteiger partial charge on any atom is 0.254 e. The molecule has 0 aliphatic carbocycles. The Labute approximate surface area is 167 Å². The van der Waals surface area contributed by atoms with Crippen molar-refractivity contribution in [1.29, 1.82) is 0 Å². The van der Waals surface area contributed by atoms with E-state index < -0.39 is 10.9 Å². The molecule has 8 heteroatoms. The number of ether oxygens (including phenoxy) is 1. The maximum absolute atomic E-state index is 12.1.